The van der Waals surface area contributed by atoms with Gasteiger partial charge in [0.2, 0.25) is 0 Å². The molecule has 0 spiro atoms. The third-order valence-electron chi connectivity index (χ3n) is 2.13. The van der Waals surface area contributed by atoms with Gasteiger partial charge in [0.15, 0.2) is 0 Å². The van der Waals surface area contributed by atoms with Crippen molar-refractivity contribution in [2.24, 2.45) is 0 Å². The number of aromatic nitrogens is 2. The molecule has 0 radical (unpaired) electrons. The molecule has 1 aromatic rings. The second-order valence-electron chi connectivity index (χ2n) is 3.61. The van der Waals surface area contributed by atoms with Gasteiger partial charge in [-0.3, -0.25) is 4.68 Å². The van der Waals surface area contributed by atoms with Gasteiger partial charge in [-0.1, -0.05) is 20.8 Å². The summed E-state index contributed by atoms with van der Waals surface area (Å²) in [6, 6.07) is 3.00. The van der Waals surface area contributed by atoms with Crippen molar-refractivity contribution in [2.45, 2.75) is 39.3 Å². The van der Waals surface area contributed by atoms with E-state index in [9.17, 15) is 0 Å². The highest BCUT2D eigenvalue weighted by molar-refractivity contribution is 4.82. The van der Waals surface area contributed by atoms with Crippen LogP contribution in [0.5, 0.6) is 0 Å². The summed E-state index contributed by atoms with van der Waals surface area (Å²) in [6.07, 6.45) is 4.97. The maximum Gasteiger partial charge on any atom is 0.0641 e. The van der Waals surface area contributed by atoms with E-state index in [2.05, 4.69) is 31.2 Å². The van der Waals surface area contributed by atoms with Crippen molar-refractivity contribution in [3.63, 3.8) is 0 Å². The number of hydrogen-bond donors (Lipinski definition) is 1. The average molecular weight is 181 g/mol. The molecular formula is C10H19N3. The van der Waals surface area contributed by atoms with Crippen LogP contribution < -0.4 is 5.32 Å². The first-order valence-electron chi connectivity index (χ1n) is 4.96. The van der Waals surface area contributed by atoms with E-state index in [4.69, 9.17) is 0 Å². The topological polar surface area (TPSA) is 29.9 Å². The number of nitrogens with zero attached hydrogens (tertiary/aromatic N) is 2. The Morgan fingerprint density at radius 2 is 2.23 bits per heavy atom. The summed E-state index contributed by atoms with van der Waals surface area (Å²) in [5, 5.41) is 7.67. The molecule has 13 heavy (non-hydrogen) atoms. The molecule has 0 saturated carbocycles. The van der Waals surface area contributed by atoms with E-state index in [0.717, 1.165) is 13.0 Å². The molecule has 0 aliphatic rings. The van der Waals surface area contributed by atoms with Gasteiger partial charge < -0.3 is 5.32 Å². The van der Waals surface area contributed by atoms with Crippen molar-refractivity contribution in [2.75, 3.05) is 6.54 Å². The lowest BCUT2D eigenvalue weighted by Crippen LogP contribution is -2.30. The molecule has 1 heterocycles. The molecule has 3 heteroatoms. The van der Waals surface area contributed by atoms with E-state index in [1.807, 2.05) is 23.1 Å². The fraction of sp³-hybridized carbons (Fsp3) is 0.700. The van der Waals surface area contributed by atoms with Gasteiger partial charge in [-0.05, 0) is 12.5 Å². The van der Waals surface area contributed by atoms with Crippen LogP contribution in [0.1, 0.15) is 33.2 Å². The van der Waals surface area contributed by atoms with Crippen LogP contribution in [0.25, 0.3) is 0 Å². The second-order valence-corrected chi connectivity index (χ2v) is 3.61. The molecule has 74 valence electrons. The van der Waals surface area contributed by atoms with Crippen LogP contribution in [0.15, 0.2) is 18.5 Å². The van der Waals surface area contributed by atoms with Gasteiger partial charge in [-0.2, -0.15) is 5.10 Å². The Bertz CT molecular complexity index is 216. The van der Waals surface area contributed by atoms with E-state index < -0.39 is 0 Å². The lowest BCUT2D eigenvalue weighted by atomic mass is 10.2. The van der Waals surface area contributed by atoms with Crippen molar-refractivity contribution >= 4 is 0 Å². The highest BCUT2D eigenvalue weighted by Gasteiger charge is 2.07. The van der Waals surface area contributed by atoms with Gasteiger partial charge in [0.05, 0.1) is 6.04 Å². The largest absolute Gasteiger partial charge is 0.312 e. The predicted molar refractivity (Wildman–Crippen MR) is 54.7 cm³/mol. The van der Waals surface area contributed by atoms with Crippen LogP contribution >= 0.6 is 0 Å². The zero-order valence-corrected chi connectivity index (χ0v) is 8.70. The fourth-order valence-electron chi connectivity index (χ4n) is 1.29. The zero-order valence-electron chi connectivity index (χ0n) is 8.70. The monoisotopic (exact) mass is 181 g/mol. The first-order valence-corrected chi connectivity index (χ1v) is 4.96. The SMILES string of the molecule is CCC(CNC(C)C)n1cccn1. The summed E-state index contributed by atoms with van der Waals surface area (Å²) in [6.45, 7) is 7.51. The molecule has 1 aromatic heterocycles. The molecule has 0 bridgehead atoms. The molecule has 1 unspecified atom stereocenters. The van der Waals surface area contributed by atoms with Gasteiger partial charge in [-0.25, -0.2) is 0 Å². The highest BCUT2D eigenvalue weighted by Crippen LogP contribution is 2.07. The van der Waals surface area contributed by atoms with Crippen LogP contribution in [-0.4, -0.2) is 22.4 Å². The molecule has 0 saturated heterocycles. The molecule has 0 aromatic carbocycles. The van der Waals surface area contributed by atoms with E-state index in [-0.39, 0.29) is 0 Å². The van der Waals surface area contributed by atoms with Crippen LogP contribution in [0.2, 0.25) is 0 Å². The minimum absolute atomic E-state index is 0.484. The van der Waals surface area contributed by atoms with Crippen molar-refractivity contribution in [1.29, 1.82) is 0 Å². The molecule has 0 aliphatic carbocycles. The number of rotatable bonds is 5. The Hall–Kier alpha value is -0.830. The maximum atomic E-state index is 4.24. The lowest BCUT2D eigenvalue weighted by molar-refractivity contribution is 0.396. The average Bonchev–Trinajstić information content (AvgIpc) is 2.58. The quantitative estimate of drug-likeness (QED) is 0.751. The van der Waals surface area contributed by atoms with Gasteiger partial charge >= 0.3 is 0 Å². The molecule has 3 nitrogen and oxygen atoms in total. The standard InChI is InChI=1S/C10H19N3/c1-4-10(8-11-9(2)3)13-7-5-6-12-13/h5-7,9-11H,4,8H2,1-3H3. The van der Waals surface area contributed by atoms with Crippen LogP contribution in [0.3, 0.4) is 0 Å². The van der Waals surface area contributed by atoms with Gasteiger partial charge in [0.1, 0.15) is 0 Å². The number of nitrogens with one attached hydrogen (secondary N) is 1. The minimum Gasteiger partial charge on any atom is -0.312 e. The number of hydrogen-bond acceptors (Lipinski definition) is 2. The Kier molecular flexibility index (Phi) is 3.96. The summed E-state index contributed by atoms with van der Waals surface area (Å²) >= 11 is 0. The predicted octanol–water partition coefficient (Wildman–Crippen LogP) is 1.83. The van der Waals surface area contributed by atoms with E-state index in [0.29, 0.717) is 12.1 Å². The van der Waals surface area contributed by atoms with E-state index >= 15 is 0 Å². The molecule has 0 amide bonds. The Labute approximate surface area is 80.1 Å². The first kappa shape index (κ1) is 10.3. The van der Waals surface area contributed by atoms with Gasteiger partial charge in [0.25, 0.3) is 0 Å². The third kappa shape index (κ3) is 3.19. The van der Waals surface area contributed by atoms with Crippen LogP contribution in [0, 0.1) is 0 Å². The summed E-state index contributed by atoms with van der Waals surface area (Å²) in [4.78, 5) is 0. The zero-order chi connectivity index (χ0) is 9.68. The van der Waals surface area contributed by atoms with Crippen molar-refractivity contribution in [1.82, 2.24) is 15.1 Å². The normalized spacial score (nSPS) is 13.5. The highest BCUT2D eigenvalue weighted by atomic mass is 15.3. The smallest absolute Gasteiger partial charge is 0.0641 e. The molecule has 1 atom stereocenters. The molecule has 1 N–H and O–H groups in total. The molecular weight excluding hydrogens is 162 g/mol. The lowest BCUT2D eigenvalue weighted by Gasteiger charge is -2.17. The minimum atomic E-state index is 0.484. The van der Waals surface area contributed by atoms with Crippen molar-refractivity contribution in [3.8, 4) is 0 Å². The van der Waals surface area contributed by atoms with Crippen LogP contribution in [-0.2, 0) is 0 Å². The summed E-state index contributed by atoms with van der Waals surface area (Å²) in [5.74, 6) is 0. The Morgan fingerprint density at radius 3 is 2.69 bits per heavy atom. The van der Waals surface area contributed by atoms with Crippen LogP contribution in [0.4, 0.5) is 0 Å². The fourth-order valence-corrected chi connectivity index (χ4v) is 1.29. The Balaban J connectivity index is 2.44. The maximum absolute atomic E-state index is 4.24. The molecule has 1 rings (SSSR count). The van der Waals surface area contributed by atoms with Crippen molar-refractivity contribution < 1.29 is 0 Å². The van der Waals surface area contributed by atoms with Crippen molar-refractivity contribution in [3.05, 3.63) is 18.5 Å². The van der Waals surface area contributed by atoms with E-state index in [1.54, 1.807) is 0 Å². The van der Waals surface area contributed by atoms with Gasteiger partial charge in [0, 0.05) is 25.0 Å². The second kappa shape index (κ2) is 5.02. The summed E-state index contributed by atoms with van der Waals surface area (Å²) < 4.78 is 2.02. The molecule has 0 aliphatic heterocycles. The Morgan fingerprint density at radius 1 is 1.46 bits per heavy atom. The molecule has 0 fully saturated rings. The summed E-state index contributed by atoms with van der Waals surface area (Å²) in [5.41, 5.74) is 0. The third-order valence-corrected chi connectivity index (χ3v) is 2.13. The summed E-state index contributed by atoms with van der Waals surface area (Å²) in [7, 11) is 0. The first-order chi connectivity index (χ1) is 6.24. The van der Waals surface area contributed by atoms with Gasteiger partial charge in [-0.15, -0.1) is 0 Å². The van der Waals surface area contributed by atoms with E-state index in [1.165, 1.54) is 0 Å².